The number of aromatic nitrogens is 1. The van der Waals surface area contributed by atoms with Crippen molar-refractivity contribution in [2.24, 2.45) is 0 Å². The fourth-order valence-corrected chi connectivity index (χ4v) is 2.10. The quantitative estimate of drug-likeness (QED) is 0.637. The van der Waals surface area contributed by atoms with Gasteiger partial charge in [-0.15, -0.1) is 11.8 Å². The van der Waals surface area contributed by atoms with Crippen LogP contribution in [0.1, 0.15) is 5.69 Å². The SMILES string of the molecule is CSc1ccn2c1CNCC2. The molecular formula is C8H12N2S. The van der Waals surface area contributed by atoms with Gasteiger partial charge >= 0.3 is 0 Å². The average Bonchev–Trinajstić information content (AvgIpc) is 2.47. The summed E-state index contributed by atoms with van der Waals surface area (Å²) >= 11 is 1.83. The highest BCUT2D eigenvalue weighted by Gasteiger charge is 2.10. The number of hydrogen-bond donors (Lipinski definition) is 1. The van der Waals surface area contributed by atoms with E-state index in [2.05, 4.69) is 28.4 Å². The zero-order chi connectivity index (χ0) is 7.68. The van der Waals surface area contributed by atoms with Crippen molar-refractivity contribution in [2.75, 3.05) is 12.8 Å². The van der Waals surface area contributed by atoms with Crippen LogP contribution in [0, 0.1) is 0 Å². The van der Waals surface area contributed by atoms with E-state index in [1.807, 2.05) is 11.8 Å². The van der Waals surface area contributed by atoms with Crippen molar-refractivity contribution in [3.63, 3.8) is 0 Å². The topological polar surface area (TPSA) is 17.0 Å². The molecule has 0 bridgehead atoms. The lowest BCUT2D eigenvalue weighted by Gasteiger charge is -2.17. The van der Waals surface area contributed by atoms with Gasteiger partial charge in [-0.3, -0.25) is 0 Å². The Bertz CT molecular complexity index is 241. The molecule has 0 unspecified atom stereocenters. The molecule has 0 spiro atoms. The van der Waals surface area contributed by atoms with Gasteiger partial charge in [0.15, 0.2) is 0 Å². The minimum atomic E-state index is 1.03. The maximum absolute atomic E-state index is 3.37. The van der Waals surface area contributed by atoms with E-state index >= 15 is 0 Å². The highest BCUT2D eigenvalue weighted by molar-refractivity contribution is 7.98. The summed E-state index contributed by atoms with van der Waals surface area (Å²) < 4.78 is 2.34. The van der Waals surface area contributed by atoms with E-state index < -0.39 is 0 Å². The second-order valence-electron chi connectivity index (χ2n) is 2.70. The standard InChI is InChI=1S/C8H12N2S/c1-11-8-2-4-10-5-3-9-6-7(8)10/h2,4,9H,3,5-6H2,1H3. The molecule has 1 aliphatic rings. The smallest absolute Gasteiger partial charge is 0.0452 e. The zero-order valence-electron chi connectivity index (χ0n) is 6.63. The van der Waals surface area contributed by atoms with Crippen molar-refractivity contribution in [3.05, 3.63) is 18.0 Å². The average molecular weight is 168 g/mol. The molecule has 1 aromatic rings. The number of nitrogens with zero attached hydrogens (tertiary/aromatic N) is 1. The Labute approximate surface area is 71.0 Å². The first-order valence-corrected chi connectivity index (χ1v) is 5.07. The summed E-state index contributed by atoms with van der Waals surface area (Å²) in [4.78, 5) is 1.41. The third-order valence-corrected chi connectivity index (χ3v) is 2.89. The molecule has 0 radical (unpaired) electrons. The summed E-state index contributed by atoms with van der Waals surface area (Å²) in [5, 5.41) is 3.37. The minimum absolute atomic E-state index is 1.03. The van der Waals surface area contributed by atoms with E-state index in [0.717, 1.165) is 19.6 Å². The maximum atomic E-state index is 3.37. The molecule has 0 saturated carbocycles. The first-order chi connectivity index (χ1) is 5.42. The fourth-order valence-electron chi connectivity index (χ4n) is 1.48. The van der Waals surface area contributed by atoms with Crippen LogP contribution < -0.4 is 5.32 Å². The molecule has 2 nitrogen and oxygen atoms in total. The van der Waals surface area contributed by atoms with Crippen LogP contribution in [0.25, 0.3) is 0 Å². The Morgan fingerprint density at radius 2 is 2.55 bits per heavy atom. The third kappa shape index (κ3) is 1.19. The first-order valence-electron chi connectivity index (χ1n) is 3.84. The first kappa shape index (κ1) is 7.25. The lowest BCUT2D eigenvalue weighted by Crippen LogP contribution is -2.27. The van der Waals surface area contributed by atoms with Gasteiger partial charge in [0.05, 0.1) is 0 Å². The Morgan fingerprint density at radius 3 is 3.36 bits per heavy atom. The van der Waals surface area contributed by atoms with Gasteiger partial charge in [0.1, 0.15) is 0 Å². The highest BCUT2D eigenvalue weighted by Crippen LogP contribution is 2.22. The Balaban J connectivity index is 2.38. The van der Waals surface area contributed by atoms with E-state index in [4.69, 9.17) is 0 Å². The van der Waals surface area contributed by atoms with Crippen molar-refractivity contribution in [1.29, 1.82) is 0 Å². The predicted octanol–water partition coefficient (Wildman–Crippen LogP) is 1.31. The van der Waals surface area contributed by atoms with Crippen molar-refractivity contribution < 1.29 is 0 Å². The van der Waals surface area contributed by atoms with Crippen LogP contribution in [-0.2, 0) is 13.1 Å². The van der Waals surface area contributed by atoms with Gasteiger partial charge in [-0.05, 0) is 12.3 Å². The van der Waals surface area contributed by atoms with Crippen molar-refractivity contribution in [3.8, 4) is 0 Å². The van der Waals surface area contributed by atoms with Crippen LogP contribution in [0.5, 0.6) is 0 Å². The number of rotatable bonds is 1. The fraction of sp³-hybridized carbons (Fsp3) is 0.500. The van der Waals surface area contributed by atoms with Gasteiger partial charge in [-0.1, -0.05) is 0 Å². The lowest BCUT2D eigenvalue weighted by atomic mass is 10.3. The van der Waals surface area contributed by atoms with E-state index in [1.165, 1.54) is 10.6 Å². The molecule has 0 atom stereocenters. The minimum Gasteiger partial charge on any atom is -0.348 e. The van der Waals surface area contributed by atoms with Crippen LogP contribution in [0.3, 0.4) is 0 Å². The number of hydrogen-bond acceptors (Lipinski definition) is 2. The molecule has 60 valence electrons. The van der Waals surface area contributed by atoms with Crippen molar-refractivity contribution in [1.82, 2.24) is 9.88 Å². The second-order valence-corrected chi connectivity index (χ2v) is 3.55. The van der Waals surface area contributed by atoms with E-state index in [9.17, 15) is 0 Å². The predicted molar refractivity (Wildman–Crippen MR) is 47.9 cm³/mol. The monoisotopic (exact) mass is 168 g/mol. The maximum Gasteiger partial charge on any atom is 0.0452 e. The highest BCUT2D eigenvalue weighted by atomic mass is 32.2. The van der Waals surface area contributed by atoms with Gasteiger partial charge in [0.25, 0.3) is 0 Å². The normalized spacial score (nSPS) is 16.5. The van der Waals surface area contributed by atoms with Gasteiger partial charge < -0.3 is 9.88 Å². The summed E-state index contributed by atoms with van der Waals surface area (Å²) in [6, 6.07) is 2.20. The molecule has 2 heterocycles. The molecule has 1 aromatic heterocycles. The summed E-state index contributed by atoms with van der Waals surface area (Å²) in [6.07, 6.45) is 4.31. The number of nitrogens with one attached hydrogen (secondary N) is 1. The second kappa shape index (κ2) is 2.91. The van der Waals surface area contributed by atoms with Crippen LogP contribution in [0.4, 0.5) is 0 Å². The molecule has 0 aromatic carbocycles. The molecule has 3 heteroatoms. The molecule has 0 aliphatic carbocycles. The molecule has 2 rings (SSSR count). The van der Waals surface area contributed by atoms with Crippen molar-refractivity contribution in [2.45, 2.75) is 18.0 Å². The van der Waals surface area contributed by atoms with Gasteiger partial charge in [-0.2, -0.15) is 0 Å². The summed E-state index contributed by atoms with van der Waals surface area (Å²) in [6.45, 7) is 3.26. The summed E-state index contributed by atoms with van der Waals surface area (Å²) in [5.41, 5.74) is 1.45. The van der Waals surface area contributed by atoms with Gasteiger partial charge in [0, 0.05) is 36.4 Å². The summed E-state index contributed by atoms with van der Waals surface area (Å²) in [5.74, 6) is 0. The molecule has 0 saturated heterocycles. The molecular weight excluding hydrogens is 156 g/mol. The molecule has 0 amide bonds. The van der Waals surface area contributed by atoms with Gasteiger partial charge in [-0.25, -0.2) is 0 Å². The molecule has 1 N–H and O–H groups in total. The lowest BCUT2D eigenvalue weighted by molar-refractivity contribution is 0.510. The third-order valence-electron chi connectivity index (χ3n) is 2.08. The van der Waals surface area contributed by atoms with Crippen LogP contribution in [0.15, 0.2) is 17.2 Å². The van der Waals surface area contributed by atoms with Gasteiger partial charge in [0.2, 0.25) is 0 Å². The van der Waals surface area contributed by atoms with Crippen LogP contribution in [0.2, 0.25) is 0 Å². The zero-order valence-corrected chi connectivity index (χ0v) is 7.45. The number of fused-ring (bicyclic) bond motifs is 1. The van der Waals surface area contributed by atoms with E-state index in [-0.39, 0.29) is 0 Å². The van der Waals surface area contributed by atoms with E-state index in [1.54, 1.807) is 0 Å². The van der Waals surface area contributed by atoms with E-state index in [0.29, 0.717) is 0 Å². The molecule has 11 heavy (non-hydrogen) atoms. The molecule has 0 fully saturated rings. The Kier molecular flexibility index (Phi) is 1.92. The van der Waals surface area contributed by atoms with Crippen LogP contribution in [-0.4, -0.2) is 17.4 Å². The largest absolute Gasteiger partial charge is 0.348 e. The molecule has 1 aliphatic heterocycles. The Hall–Kier alpha value is -0.410. The Morgan fingerprint density at radius 1 is 1.64 bits per heavy atom. The number of thioether (sulfide) groups is 1. The van der Waals surface area contributed by atoms with Crippen molar-refractivity contribution >= 4 is 11.8 Å². The van der Waals surface area contributed by atoms with Crippen LogP contribution >= 0.6 is 11.8 Å². The summed E-state index contributed by atoms with van der Waals surface area (Å²) in [7, 11) is 0.